The van der Waals surface area contributed by atoms with Gasteiger partial charge in [-0.25, -0.2) is 0 Å². The largest absolute Gasteiger partial charge is 0.466 e. The lowest BCUT2D eigenvalue weighted by atomic mass is 10.1. The molecule has 0 amide bonds. The smallest absolute Gasteiger partial charge is 0.189 e. The van der Waals surface area contributed by atoms with E-state index in [2.05, 4.69) is 15.9 Å². The lowest BCUT2D eigenvalue weighted by Crippen LogP contribution is -1.93. The minimum atomic E-state index is -0.0349. The van der Waals surface area contributed by atoms with Crippen LogP contribution in [0.1, 0.15) is 27.4 Å². The minimum absolute atomic E-state index is 0.0349. The van der Waals surface area contributed by atoms with Gasteiger partial charge in [0.2, 0.25) is 0 Å². The van der Waals surface area contributed by atoms with Crippen LogP contribution in [0.4, 0.5) is 0 Å². The molecule has 2 nitrogen and oxygen atoms in total. The van der Waals surface area contributed by atoms with Gasteiger partial charge in [-0.3, -0.25) is 4.79 Å². The molecular formula is C15H13BrO2. The van der Waals surface area contributed by atoms with Gasteiger partial charge < -0.3 is 4.42 Å². The summed E-state index contributed by atoms with van der Waals surface area (Å²) in [6, 6.07) is 9.54. The minimum Gasteiger partial charge on any atom is -0.466 e. The number of benzene rings is 1. The van der Waals surface area contributed by atoms with Crippen LogP contribution >= 0.6 is 15.9 Å². The number of aryl methyl sites for hydroxylation is 2. The van der Waals surface area contributed by atoms with Crippen molar-refractivity contribution < 1.29 is 9.21 Å². The molecule has 1 aromatic heterocycles. The second kappa shape index (κ2) is 5.36. The number of hydrogen-bond acceptors (Lipinski definition) is 2. The number of rotatable bonds is 3. The van der Waals surface area contributed by atoms with E-state index in [0.29, 0.717) is 11.3 Å². The highest BCUT2D eigenvalue weighted by Gasteiger charge is 2.10. The lowest BCUT2D eigenvalue weighted by molar-refractivity contribution is 0.104. The molecule has 0 fully saturated rings. The van der Waals surface area contributed by atoms with Crippen molar-refractivity contribution >= 4 is 27.8 Å². The quantitative estimate of drug-likeness (QED) is 0.615. The Kier molecular flexibility index (Phi) is 3.82. The molecule has 18 heavy (non-hydrogen) atoms. The second-order valence-corrected chi connectivity index (χ2v) is 4.99. The summed E-state index contributed by atoms with van der Waals surface area (Å²) in [6.07, 6.45) is 3.37. The van der Waals surface area contributed by atoms with Crippen LogP contribution in [0.2, 0.25) is 0 Å². The Bertz CT molecular complexity index is 591. The van der Waals surface area contributed by atoms with E-state index in [1.54, 1.807) is 25.1 Å². The molecule has 92 valence electrons. The third-order valence-corrected chi connectivity index (χ3v) is 3.13. The van der Waals surface area contributed by atoms with Crippen molar-refractivity contribution in [1.82, 2.24) is 0 Å². The summed E-state index contributed by atoms with van der Waals surface area (Å²) in [7, 11) is 0. The maximum Gasteiger partial charge on any atom is 0.189 e. The Balaban J connectivity index is 2.16. The van der Waals surface area contributed by atoms with Gasteiger partial charge in [-0.05, 0) is 43.7 Å². The topological polar surface area (TPSA) is 30.2 Å². The molecule has 2 aromatic rings. The highest BCUT2D eigenvalue weighted by molar-refractivity contribution is 9.10. The Morgan fingerprint density at radius 3 is 2.44 bits per heavy atom. The molecule has 0 atom stereocenters. The summed E-state index contributed by atoms with van der Waals surface area (Å²) in [5, 5.41) is 0. The Hall–Kier alpha value is -1.61. The Morgan fingerprint density at radius 2 is 1.89 bits per heavy atom. The summed E-state index contributed by atoms with van der Waals surface area (Å²) in [4.78, 5) is 12.0. The molecule has 2 rings (SSSR count). The van der Waals surface area contributed by atoms with Gasteiger partial charge in [-0.15, -0.1) is 0 Å². The predicted octanol–water partition coefficient (Wildman–Crippen LogP) is 4.56. The first-order chi connectivity index (χ1) is 8.56. The molecule has 0 aliphatic carbocycles. The number of halogens is 1. The van der Waals surface area contributed by atoms with E-state index in [9.17, 15) is 4.79 Å². The standard InChI is InChI=1S/C15H13BrO2/c1-10-9-14(11(2)18-10)15(17)8-5-12-3-6-13(16)7-4-12/h3-9H,1-2H3. The number of carbonyl (C=O) groups excluding carboxylic acids is 1. The summed E-state index contributed by atoms with van der Waals surface area (Å²) in [5.41, 5.74) is 1.62. The van der Waals surface area contributed by atoms with E-state index in [0.717, 1.165) is 15.8 Å². The van der Waals surface area contributed by atoms with Crippen molar-refractivity contribution in [2.45, 2.75) is 13.8 Å². The Morgan fingerprint density at radius 1 is 1.22 bits per heavy atom. The molecule has 1 aromatic carbocycles. The zero-order chi connectivity index (χ0) is 13.1. The van der Waals surface area contributed by atoms with Gasteiger partial charge in [-0.1, -0.05) is 34.1 Å². The van der Waals surface area contributed by atoms with E-state index in [1.165, 1.54) is 0 Å². The van der Waals surface area contributed by atoms with Crippen molar-refractivity contribution in [3.8, 4) is 0 Å². The van der Waals surface area contributed by atoms with Crippen LogP contribution in [-0.4, -0.2) is 5.78 Å². The number of ketones is 1. The molecule has 0 aliphatic rings. The fourth-order valence-corrected chi connectivity index (χ4v) is 1.98. The van der Waals surface area contributed by atoms with Crippen LogP contribution in [0.25, 0.3) is 6.08 Å². The first-order valence-electron chi connectivity index (χ1n) is 5.61. The number of furan rings is 1. The van der Waals surface area contributed by atoms with Crippen molar-refractivity contribution in [2.24, 2.45) is 0 Å². The molecule has 1 heterocycles. The third-order valence-electron chi connectivity index (χ3n) is 2.60. The first kappa shape index (κ1) is 12.8. The summed E-state index contributed by atoms with van der Waals surface area (Å²) < 4.78 is 6.36. The molecular weight excluding hydrogens is 292 g/mol. The normalized spacial score (nSPS) is 11.1. The Labute approximate surface area is 114 Å². The van der Waals surface area contributed by atoms with Crippen molar-refractivity contribution in [3.63, 3.8) is 0 Å². The fourth-order valence-electron chi connectivity index (χ4n) is 1.71. The zero-order valence-electron chi connectivity index (χ0n) is 10.2. The molecule has 0 saturated carbocycles. The molecule has 0 bridgehead atoms. The molecule has 0 radical (unpaired) electrons. The molecule has 3 heteroatoms. The molecule has 0 N–H and O–H groups in total. The van der Waals surface area contributed by atoms with E-state index >= 15 is 0 Å². The number of carbonyl (C=O) groups is 1. The van der Waals surface area contributed by atoms with Crippen molar-refractivity contribution in [1.29, 1.82) is 0 Å². The summed E-state index contributed by atoms with van der Waals surface area (Å²) in [6.45, 7) is 3.63. The SMILES string of the molecule is Cc1cc(C(=O)C=Cc2ccc(Br)cc2)c(C)o1. The van der Waals surface area contributed by atoms with E-state index in [-0.39, 0.29) is 5.78 Å². The maximum atomic E-state index is 12.0. The van der Waals surface area contributed by atoms with Gasteiger partial charge in [0.05, 0.1) is 5.56 Å². The van der Waals surface area contributed by atoms with Crippen LogP contribution in [0.3, 0.4) is 0 Å². The van der Waals surface area contributed by atoms with E-state index in [1.807, 2.05) is 31.2 Å². The van der Waals surface area contributed by atoms with Gasteiger partial charge in [-0.2, -0.15) is 0 Å². The highest BCUT2D eigenvalue weighted by atomic mass is 79.9. The van der Waals surface area contributed by atoms with Gasteiger partial charge in [0, 0.05) is 4.47 Å². The lowest BCUT2D eigenvalue weighted by Gasteiger charge is -1.94. The monoisotopic (exact) mass is 304 g/mol. The van der Waals surface area contributed by atoms with Crippen LogP contribution in [-0.2, 0) is 0 Å². The molecule has 0 unspecified atom stereocenters. The van der Waals surface area contributed by atoms with Crippen molar-refractivity contribution in [2.75, 3.05) is 0 Å². The zero-order valence-corrected chi connectivity index (χ0v) is 11.8. The van der Waals surface area contributed by atoms with Gasteiger partial charge in [0.1, 0.15) is 11.5 Å². The van der Waals surface area contributed by atoms with Crippen LogP contribution in [0.15, 0.2) is 45.3 Å². The molecule has 0 saturated heterocycles. The van der Waals surface area contributed by atoms with Gasteiger partial charge in [0.25, 0.3) is 0 Å². The maximum absolute atomic E-state index is 12.0. The first-order valence-corrected chi connectivity index (χ1v) is 6.40. The van der Waals surface area contributed by atoms with Crippen LogP contribution in [0.5, 0.6) is 0 Å². The van der Waals surface area contributed by atoms with Gasteiger partial charge >= 0.3 is 0 Å². The highest BCUT2D eigenvalue weighted by Crippen LogP contribution is 2.16. The fraction of sp³-hybridized carbons (Fsp3) is 0.133. The predicted molar refractivity (Wildman–Crippen MR) is 75.7 cm³/mol. The molecule has 0 aliphatic heterocycles. The molecule has 0 spiro atoms. The van der Waals surface area contributed by atoms with Gasteiger partial charge in [0.15, 0.2) is 5.78 Å². The number of allylic oxidation sites excluding steroid dienone is 1. The average Bonchev–Trinajstić information content (AvgIpc) is 2.67. The van der Waals surface area contributed by atoms with E-state index < -0.39 is 0 Å². The summed E-state index contributed by atoms with van der Waals surface area (Å²) in [5.74, 6) is 1.39. The van der Waals surface area contributed by atoms with E-state index in [4.69, 9.17) is 4.42 Å². The van der Waals surface area contributed by atoms with Crippen LogP contribution in [0, 0.1) is 13.8 Å². The third kappa shape index (κ3) is 2.99. The summed E-state index contributed by atoms with van der Waals surface area (Å²) >= 11 is 3.37. The van der Waals surface area contributed by atoms with Crippen LogP contribution < -0.4 is 0 Å². The average molecular weight is 305 g/mol. The second-order valence-electron chi connectivity index (χ2n) is 4.08. The number of hydrogen-bond donors (Lipinski definition) is 0. The van der Waals surface area contributed by atoms with Crippen molar-refractivity contribution in [3.05, 3.63) is 63.5 Å².